The number of hydrogen-bond donors (Lipinski definition) is 0. The van der Waals surface area contributed by atoms with E-state index in [1.165, 1.54) is 18.4 Å². The van der Waals surface area contributed by atoms with E-state index >= 15 is 0 Å². The van der Waals surface area contributed by atoms with Gasteiger partial charge in [-0.15, -0.1) is 0 Å². The first-order valence-electron chi connectivity index (χ1n) is 2.65. The Bertz CT molecular complexity index is 244. The predicted molar refractivity (Wildman–Crippen MR) is 41.0 cm³/mol. The fourth-order valence-electron chi connectivity index (χ4n) is 0.583. The zero-order chi connectivity index (χ0) is 7.56. The van der Waals surface area contributed by atoms with E-state index in [0.717, 1.165) is 0 Å². The highest BCUT2D eigenvalue weighted by molar-refractivity contribution is 7.09. The standard InChI is InChI=1S/C6H5BO2S/c1-9-6(8)4-2-10-3-5(4)7/h2-3H,1H3. The molecule has 50 valence electrons. The van der Waals surface area contributed by atoms with Gasteiger partial charge in [0.15, 0.2) is 0 Å². The van der Waals surface area contributed by atoms with Crippen LogP contribution in [0.3, 0.4) is 0 Å². The highest BCUT2D eigenvalue weighted by Gasteiger charge is 2.07. The molecule has 0 saturated heterocycles. The summed E-state index contributed by atoms with van der Waals surface area (Å²) in [7, 11) is 6.76. The summed E-state index contributed by atoms with van der Waals surface area (Å²) in [5, 5.41) is 3.37. The van der Waals surface area contributed by atoms with Crippen LogP contribution in [0.1, 0.15) is 10.4 Å². The summed E-state index contributed by atoms with van der Waals surface area (Å²) < 4.78 is 4.46. The van der Waals surface area contributed by atoms with Crippen molar-refractivity contribution in [3.05, 3.63) is 16.3 Å². The van der Waals surface area contributed by atoms with E-state index in [1.54, 1.807) is 10.8 Å². The third kappa shape index (κ3) is 1.21. The van der Waals surface area contributed by atoms with Crippen LogP contribution in [0.25, 0.3) is 0 Å². The van der Waals surface area contributed by atoms with E-state index in [-0.39, 0.29) is 5.97 Å². The molecule has 0 aromatic carbocycles. The maximum Gasteiger partial charge on any atom is 0.338 e. The molecule has 0 aliphatic heterocycles. The van der Waals surface area contributed by atoms with Crippen LogP contribution >= 0.6 is 11.3 Å². The average molecular weight is 152 g/mol. The van der Waals surface area contributed by atoms with E-state index in [0.29, 0.717) is 11.0 Å². The van der Waals surface area contributed by atoms with Gasteiger partial charge in [-0.05, 0) is 5.38 Å². The average Bonchev–Trinajstić information content (AvgIpc) is 2.34. The number of carbonyl (C=O) groups excluding carboxylic acids is 1. The van der Waals surface area contributed by atoms with Crippen LogP contribution < -0.4 is 5.46 Å². The monoisotopic (exact) mass is 152 g/mol. The van der Waals surface area contributed by atoms with Gasteiger partial charge in [-0.2, -0.15) is 11.3 Å². The number of thiophene rings is 1. The maximum atomic E-state index is 10.8. The third-order valence-electron chi connectivity index (χ3n) is 1.10. The minimum Gasteiger partial charge on any atom is -0.465 e. The number of ether oxygens (including phenoxy) is 1. The summed E-state index contributed by atoms with van der Waals surface area (Å²) in [6.07, 6.45) is 0. The molecule has 0 atom stereocenters. The summed E-state index contributed by atoms with van der Waals surface area (Å²) >= 11 is 1.38. The van der Waals surface area contributed by atoms with Crippen LogP contribution in [0.4, 0.5) is 0 Å². The van der Waals surface area contributed by atoms with Gasteiger partial charge in [0.05, 0.1) is 12.7 Å². The van der Waals surface area contributed by atoms with Gasteiger partial charge in [-0.1, -0.05) is 5.46 Å². The lowest BCUT2D eigenvalue weighted by Gasteiger charge is -1.94. The number of hydrogen-bond acceptors (Lipinski definition) is 3. The first-order valence-corrected chi connectivity index (χ1v) is 3.60. The Morgan fingerprint density at radius 3 is 2.80 bits per heavy atom. The molecule has 0 N–H and O–H groups in total. The molecule has 1 heterocycles. The SMILES string of the molecule is [B]c1cscc1C(=O)OC. The molecule has 1 rings (SSSR count). The molecular formula is C6H5BO2S. The molecule has 0 aliphatic rings. The Morgan fingerprint density at radius 2 is 2.40 bits per heavy atom. The zero-order valence-electron chi connectivity index (χ0n) is 5.46. The lowest BCUT2D eigenvalue weighted by Crippen LogP contribution is -2.12. The van der Waals surface area contributed by atoms with Crippen molar-refractivity contribution >= 4 is 30.6 Å². The molecule has 0 fully saturated rings. The Hall–Kier alpha value is -0.765. The Kier molecular flexibility index (Phi) is 2.11. The lowest BCUT2D eigenvalue weighted by molar-refractivity contribution is 0.0603. The van der Waals surface area contributed by atoms with Gasteiger partial charge in [0.2, 0.25) is 0 Å². The highest BCUT2D eigenvalue weighted by Crippen LogP contribution is 2.02. The molecule has 0 amide bonds. The molecular weight excluding hydrogens is 147 g/mol. The molecule has 4 heteroatoms. The molecule has 10 heavy (non-hydrogen) atoms. The van der Waals surface area contributed by atoms with Gasteiger partial charge < -0.3 is 4.74 Å². The predicted octanol–water partition coefficient (Wildman–Crippen LogP) is 0.329. The minimum atomic E-state index is -0.376. The van der Waals surface area contributed by atoms with Crippen LogP contribution in [-0.2, 0) is 4.74 Å². The molecule has 0 saturated carbocycles. The van der Waals surface area contributed by atoms with Crippen molar-refractivity contribution in [2.24, 2.45) is 0 Å². The summed E-state index contributed by atoms with van der Waals surface area (Å²) in [6, 6.07) is 0. The Balaban J connectivity index is 2.93. The van der Waals surface area contributed by atoms with Crippen LogP contribution in [0.2, 0.25) is 0 Å². The first-order chi connectivity index (χ1) is 4.75. The van der Waals surface area contributed by atoms with Gasteiger partial charge >= 0.3 is 5.97 Å². The molecule has 2 radical (unpaired) electrons. The van der Waals surface area contributed by atoms with Gasteiger partial charge in [0.1, 0.15) is 7.85 Å². The highest BCUT2D eigenvalue weighted by atomic mass is 32.1. The van der Waals surface area contributed by atoms with Gasteiger partial charge in [-0.3, -0.25) is 0 Å². The number of esters is 1. The summed E-state index contributed by atoms with van der Waals surface area (Å²) in [5.74, 6) is -0.376. The van der Waals surface area contributed by atoms with Crippen LogP contribution in [-0.4, -0.2) is 20.9 Å². The fourth-order valence-corrected chi connectivity index (χ4v) is 1.29. The van der Waals surface area contributed by atoms with E-state index in [4.69, 9.17) is 7.85 Å². The Morgan fingerprint density at radius 1 is 1.70 bits per heavy atom. The van der Waals surface area contributed by atoms with Crippen molar-refractivity contribution in [3.8, 4) is 0 Å². The van der Waals surface area contributed by atoms with E-state index in [2.05, 4.69) is 4.74 Å². The summed E-state index contributed by atoms with van der Waals surface area (Å²) in [5.41, 5.74) is 0.935. The van der Waals surface area contributed by atoms with E-state index in [1.807, 2.05) is 0 Å². The second-order valence-electron chi connectivity index (χ2n) is 1.73. The van der Waals surface area contributed by atoms with Crippen LogP contribution in [0.15, 0.2) is 10.8 Å². The lowest BCUT2D eigenvalue weighted by atomic mass is 9.95. The number of rotatable bonds is 1. The van der Waals surface area contributed by atoms with Crippen molar-refractivity contribution in [3.63, 3.8) is 0 Å². The van der Waals surface area contributed by atoms with Crippen molar-refractivity contribution in [1.82, 2.24) is 0 Å². The first kappa shape index (κ1) is 7.34. The quantitative estimate of drug-likeness (QED) is 0.428. The van der Waals surface area contributed by atoms with E-state index in [9.17, 15) is 4.79 Å². The zero-order valence-corrected chi connectivity index (χ0v) is 6.27. The molecule has 0 bridgehead atoms. The molecule has 0 unspecified atom stereocenters. The number of methoxy groups -OCH3 is 1. The third-order valence-corrected chi connectivity index (χ3v) is 1.86. The van der Waals surface area contributed by atoms with Crippen LogP contribution in [0.5, 0.6) is 0 Å². The molecule has 1 aromatic rings. The summed E-state index contributed by atoms with van der Waals surface area (Å²) in [6.45, 7) is 0. The van der Waals surface area contributed by atoms with Crippen molar-refractivity contribution in [2.75, 3.05) is 7.11 Å². The topological polar surface area (TPSA) is 26.3 Å². The molecule has 0 spiro atoms. The molecule has 1 aromatic heterocycles. The molecule has 2 nitrogen and oxygen atoms in total. The number of carbonyl (C=O) groups is 1. The van der Waals surface area contributed by atoms with Gasteiger partial charge in [0, 0.05) is 5.38 Å². The van der Waals surface area contributed by atoms with Gasteiger partial charge in [-0.25, -0.2) is 4.79 Å². The second kappa shape index (κ2) is 2.88. The Labute approximate surface area is 64.2 Å². The van der Waals surface area contributed by atoms with Crippen molar-refractivity contribution in [2.45, 2.75) is 0 Å². The normalized spacial score (nSPS) is 9.30. The maximum absolute atomic E-state index is 10.8. The fraction of sp³-hybridized carbons (Fsp3) is 0.167. The largest absolute Gasteiger partial charge is 0.465 e. The van der Waals surface area contributed by atoms with Crippen LogP contribution in [0, 0.1) is 0 Å². The minimum absolute atomic E-state index is 0.376. The second-order valence-corrected chi connectivity index (χ2v) is 2.48. The van der Waals surface area contributed by atoms with Crippen molar-refractivity contribution in [1.29, 1.82) is 0 Å². The van der Waals surface area contributed by atoms with E-state index < -0.39 is 0 Å². The van der Waals surface area contributed by atoms with Crippen molar-refractivity contribution < 1.29 is 9.53 Å². The van der Waals surface area contributed by atoms with Gasteiger partial charge in [0.25, 0.3) is 0 Å². The molecule has 0 aliphatic carbocycles. The smallest absolute Gasteiger partial charge is 0.338 e. The summed E-state index contributed by atoms with van der Waals surface area (Å²) in [4.78, 5) is 10.8.